The Balaban J connectivity index is 2.20. The third kappa shape index (κ3) is 5.12. The Morgan fingerprint density at radius 3 is 1.76 bits per heavy atom. The number of rotatable bonds is 7. The van der Waals surface area contributed by atoms with Gasteiger partial charge in [-0.05, 0) is 48.7 Å². The highest BCUT2D eigenvalue weighted by Crippen LogP contribution is 2.33. The fourth-order valence-electron chi connectivity index (χ4n) is 3.34. The molecule has 3 rings (SSSR count). The van der Waals surface area contributed by atoms with Crippen LogP contribution in [0.2, 0.25) is 0 Å². The largest absolute Gasteiger partial charge is 0.339 e. The summed E-state index contributed by atoms with van der Waals surface area (Å²) in [5.41, 5.74) is 1.37. The van der Waals surface area contributed by atoms with Crippen molar-refractivity contribution in [1.82, 2.24) is 4.98 Å². The van der Waals surface area contributed by atoms with Crippen LogP contribution in [0.3, 0.4) is 0 Å². The van der Waals surface area contributed by atoms with Crippen LogP contribution < -0.4 is 10.6 Å². The number of benzene rings is 2. The lowest BCUT2D eigenvalue weighted by Crippen LogP contribution is -2.10. The highest BCUT2D eigenvalue weighted by atomic mass is 32.2. The summed E-state index contributed by atoms with van der Waals surface area (Å²) in [5.74, 6) is 0.191. The fraction of sp³-hybridized carbons (Fsp3) is 0.143. The van der Waals surface area contributed by atoms with Gasteiger partial charge in [0.15, 0.2) is 5.82 Å². The quantitative estimate of drug-likeness (QED) is 0.359. The van der Waals surface area contributed by atoms with Gasteiger partial charge < -0.3 is 10.6 Å². The van der Waals surface area contributed by atoms with Gasteiger partial charge in [-0.3, -0.25) is 9.11 Å². The van der Waals surface area contributed by atoms with E-state index in [-0.39, 0.29) is 33.5 Å². The second-order valence-corrected chi connectivity index (χ2v) is 9.73. The number of aromatic nitrogens is 1. The molecule has 0 aliphatic rings. The van der Waals surface area contributed by atoms with E-state index in [9.17, 15) is 31.2 Å². The van der Waals surface area contributed by atoms with E-state index in [1.165, 1.54) is 36.4 Å². The zero-order chi connectivity index (χ0) is 24.4. The average molecular weight is 489 g/mol. The van der Waals surface area contributed by atoms with Gasteiger partial charge in [0.05, 0.1) is 16.9 Å². The summed E-state index contributed by atoms with van der Waals surface area (Å²) < 4.78 is 66.1. The molecule has 33 heavy (non-hydrogen) atoms. The second-order valence-electron chi connectivity index (χ2n) is 6.95. The van der Waals surface area contributed by atoms with E-state index in [1.807, 2.05) is 6.92 Å². The highest BCUT2D eigenvalue weighted by molar-refractivity contribution is 7.86. The SMILES string of the molecule is CCc1c(C)c(Nc2ccccc2S(=O)(=O)O)nc(Nc2ccccc2S(=O)(=O)O)c1C#N. The predicted molar refractivity (Wildman–Crippen MR) is 122 cm³/mol. The van der Waals surface area contributed by atoms with Crippen LogP contribution >= 0.6 is 0 Å². The molecule has 12 heteroatoms. The lowest BCUT2D eigenvalue weighted by atomic mass is 10.0. The molecule has 10 nitrogen and oxygen atoms in total. The first-order chi connectivity index (χ1) is 15.5. The molecular formula is C21H20N4O6S2. The third-order valence-corrected chi connectivity index (χ3v) is 6.70. The monoisotopic (exact) mass is 488 g/mol. The van der Waals surface area contributed by atoms with Gasteiger partial charge in [-0.1, -0.05) is 31.2 Å². The molecule has 0 atom stereocenters. The molecule has 3 aromatic rings. The van der Waals surface area contributed by atoms with E-state index in [1.54, 1.807) is 19.1 Å². The Bertz CT molecular complexity index is 1480. The molecule has 0 spiro atoms. The van der Waals surface area contributed by atoms with E-state index in [2.05, 4.69) is 21.7 Å². The van der Waals surface area contributed by atoms with E-state index >= 15 is 0 Å². The summed E-state index contributed by atoms with van der Waals surface area (Å²) in [6.45, 7) is 3.51. The molecule has 172 valence electrons. The number of pyridine rings is 1. The predicted octanol–water partition coefficient (Wildman–Crippen LogP) is 3.80. The summed E-state index contributed by atoms with van der Waals surface area (Å²) in [7, 11) is -9.09. The van der Waals surface area contributed by atoms with Gasteiger partial charge in [-0.2, -0.15) is 22.1 Å². The van der Waals surface area contributed by atoms with Crippen LogP contribution in [0.25, 0.3) is 0 Å². The molecular weight excluding hydrogens is 468 g/mol. The van der Waals surface area contributed by atoms with E-state index in [4.69, 9.17) is 0 Å². The first kappa shape index (κ1) is 24.1. The van der Waals surface area contributed by atoms with Crippen molar-refractivity contribution in [2.24, 2.45) is 0 Å². The van der Waals surface area contributed by atoms with Crippen molar-refractivity contribution in [2.75, 3.05) is 10.6 Å². The highest BCUT2D eigenvalue weighted by Gasteiger charge is 2.22. The van der Waals surface area contributed by atoms with Crippen LogP contribution in [0.5, 0.6) is 0 Å². The Morgan fingerprint density at radius 2 is 1.33 bits per heavy atom. The number of para-hydroxylation sites is 2. The molecule has 2 aromatic carbocycles. The maximum absolute atomic E-state index is 11.8. The minimum atomic E-state index is -4.56. The Hall–Kier alpha value is -3.50. The van der Waals surface area contributed by atoms with Gasteiger partial charge in [0.25, 0.3) is 20.2 Å². The zero-order valence-corrected chi connectivity index (χ0v) is 19.2. The number of nitriles is 1. The zero-order valence-electron chi connectivity index (χ0n) is 17.6. The fourth-order valence-corrected chi connectivity index (χ4v) is 4.64. The van der Waals surface area contributed by atoms with Crippen LogP contribution in [0.15, 0.2) is 58.3 Å². The molecule has 0 aliphatic carbocycles. The minimum Gasteiger partial charge on any atom is -0.339 e. The summed E-state index contributed by atoms with van der Waals surface area (Å²) in [6.07, 6.45) is 0.417. The molecule has 1 heterocycles. The minimum absolute atomic E-state index is 0.000748. The molecule has 0 bridgehead atoms. The van der Waals surface area contributed by atoms with Crippen molar-refractivity contribution in [3.05, 3.63) is 65.2 Å². The number of nitrogens with one attached hydrogen (secondary N) is 2. The molecule has 0 saturated heterocycles. The van der Waals surface area contributed by atoms with E-state index in [0.717, 1.165) is 0 Å². The normalized spacial score (nSPS) is 11.6. The van der Waals surface area contributed by atoms with Crippen molar-refractivity contribution >= 4 is 43.2 Å². The topological polar surface area (TPSA) is 169 Å². The Kier molecular flexibility index (Phi) is 6.71. The molecule has 0 aliphatic heterocycles. The molecule has 4 N–H and O–H groups in total. The first-order valence-electron chi connectivity index (χ1n) is 9.58. The van der Waals surface area contributed by atoms with Crippen molar-refractivity contribution < 1.29 is 25.9 Å². The van der Waals surface area contributed by atoms with Crippen LogP contribution in [0.4, 0.5) is 23.0 Å². The van der Waals surface area contributed by atoms with Gasteiger partial charge in [0.2, 0.25) is 0 Å². The van der Waals surface area contributed by atoms with Crippen LogP contribution in [-0.4, -0.2) is 30.9 Å². The maximum atomic E-state index is 11.8. The van der Waals surface area contributed by atoms with Crippen molar-refractivity contribution in [2.45, 2.75) is 30.1 Å². The van der Waals surface area contributed by atoms with Crippen LogP contribution in [0, 0.1) is 18.3 Å². The molecule has 0 amide bonds. The third-order valence-electron chi connectivity index (χ3n) is 4.87. The molecule has 0 fully saturated rings. The standard InChI is InChI=1S/C21H20N4O6S2/c1-3-14-13(2)20(23-16-8-4-6-10-18(16)32(26,27)28)25-21(15(14)12-22)24-17-9-5-7-11-19(17)33(29,30)31/h4-11H,3H2,1-2H3,(H2,23,24,25)(H,26,27,28)(H,29,30,31). The number of anilines is 4. The van der Waals surface area contributed by atoms with Crippen molar-refractivity contribution in [3.8, 4) is 6.07 Å². The summed E-state index contributed by atoms with van der Waals surface area (Å²) in [6, 6.07) is 13.3. The van der Waals surface area contributed by atoms with Crippen LogP contribution in [0.1, 0.15) is 23.6 Å². The van der Waals surface area contributed by atoms with Gasteiger partial charge >= 0.3 is 0 Å². The Labute approximate surface area is 191 Å². The molecule has 0 unspecified atom stereocenters. The lowest BCUT2D eigenvalue weighted by molar-refractivity contribution is 0.481. The summed E-state index contributed by atoms with van der Waals surface area (Å²) >= 11 is 0. The first-order valence-corrected chi connectivity index (χ1v) is 12.5. The van der Waals surface area contributed by atoms with Crippen molar-refractivity contribution in [1.29, 1.82) is 5.26 Å². The Morgan fingerprint density at radius 1 is 0.879 bits per heavy atom. The van der Waals surface area contributed by atoms with E-state index in [0.29, 0.717) is 17.5 Å². The van der Waals surface area contributed by atoms with Gasteiger partial charge in [-0.15, -0.1) is 0 Å². The van der Waals surface area contributed by atoms with Gasteiger partial charge in [0, 0.05) is 0 Å². The number of hydrogen-bond donors (Lipinski definition) is 4. The van der Waals surface area contributed by atoms with E-state index < -0.39 is 25.1 Å². The molecule has 0 saturated carbocycles. The smallest absolute Gasteiger partial charge is 0.296 e. The lowest BCUT2D eigenvalue weighted by Gasteiger charge is -2.19. The number of nitrogens with zero attached hydrogens (tertiary/aromatic N) is 2. The van der Waals surface area contributed by atoms with Crippen LogP contribution in [-0.2, 0) is 26.7 Å². The molecule has 1 aromatic heterocycles. The molecule has 0 radical (unpaired) electrons. The average Bonchev–Trinajstić information content (AvgIpc) is 2.74. The summed E-state index contributed by atoms with van der Waals surface area (Å²) in [5, 5.41) is 15.4. The second kappa shape index (κ2) is 9.16. The number of hydrogen-bond acceptors (Lipinski definition) is 8. The van der Waals surface area contributed by atoms with Gasteiger partial charge in [-0.25, -0.2) is 4.98 Å². The summed E-state index contributed by atoms with van der Waals surface area (Å²) in [4.78, 5) is 3.63. The van der Waals surface area contributed by atoms with Gasteiger partial charge in [0.1, 0.15) is 21.7 Å². The maximum Gasteiger partial charge on any atom is 0.296 e. The van der Waals surface area contributed by atoms with Crippen molar-refractivity contribution in [3.63, 3.8) is 0 Å².